The van der Waals surface area contributed by atoms with Gasteiger partial charge in [-0.15, -0.1) is 12.4 Å². The number of hydrogen-bond acceptors (Lipinski definition) is 9. The van der Waals surface area contributed by atoms with Crippen LogP contribution in [0.25, 0.3) is 0 Å². The third kappa shape index (κ3) is 42.0. The van der Waals surface area contributed by atoms with Crippen molar-refractivity contribution in [3.8, 4) is 0 Å². The molecule has 0 aliphatic rings. The number of nitrogens with one attached hydrogen (secondary N) is 1. The Labute approximate surface area is 520 Å². The average molecular weight is 1240 g/mol. The molecule has 0 radical (unpaired) electrons. The van der Waals surface area contributed by atoms with E-state index >= 15 is 0 Å². The fraction of sp³-hybridized carbons (Fsp3) is 0.635. The predicted octanol–water partition coefficient (Wildman–Crippen LogP) is 13.5. The van der Waals surface area contributed by atoms with E-state index in [4.69, 9.17) is 19.9 Å². The topological polar surface area (TPSA) is 163 Å². The Morgan fingerprint density at radius 1 is 0.557 bits per heavy atom. The minimum absolute atomic E-state index is 0. The number of rotatable bonds is 25. The smallest absolute Gasteiger partial charge is 1.00 e. The summed E-state index contributed by atoms with van der Waals surface area (Å²) in [6, 6.07) is 21.8. The van der Waals surface area contributed by atoms with Crippen LogP contribution >= 0.6 is 12.4 Å². The number of nitrogens with zero attached hydrogens (tertiary/aromatic N) is 1. The van der Waals surface area contributed by atoms with E-state index < -0.39 is 22.0 Å². The van der Waals surface area contributed by atoms with Crippen LogP contribution in [-0.4, -0.2) is 83.4 Å². The molecular formula is C63H107BrClMgN3O8S2. The Kier molecular flexibility index (Phi) is 49.6. The molecule has 3 aromatic carbocycles. The summed E-state index contributed by atoms with van der Waals surface area (Å²) in [4.78, 5) is 35.5. The van der Waals surface area contributed by atoms with Gasteiger partial charge in [0.05, 0.1) is 55.5 Å². The molecule has 3 aromatic rings. The van der Waals surface area contributed by atoms with Gasteiger partial charge >= 0.3 is 41.0 Å². The second-order valence-electron chi connectivity index (χ2n) is 23.2. The molecule has 0 saturated carbocycles. The molecule has 0 unspecified atom stereocenters. The van der Waals surface area contributed by atoms with Gasteiger partial charge in [0.25, 0.3) is 0 Å². The fourth-order valence-corrected chi connectivity index (χ4v) is 8.07. The van der Waals surface area contributed by atoms with Gasteiger partial charge in [-0.25, -0.2) is 27.5 Å². The number of unbranched alkanes of at least 4 members (excludes halogenated alkanes) is 3. The monoisotopic (exact) mass is 1240 g/mol. The van der Waals surface area contributed by atoms with Crippen molar-refractivity contribution in [3.63, 3.8) is 0 Å². The number of carbonyl (C=O) groups is 3. The molecule has 0 aliphatic heterocycles. The second-order valence-corrected chi connectivity index (χ2v) is 27.2. The van der Waals surface area contributed by atoms with E-state index in [0.29, 0.717) is 22.6 Å². The first-order valence-electron chi connectivity index (χ1n) is 27.5. The predicted molar refractivity (Wildman–Crippen MR) is 338 cm³/mol. The Balaban J connectivity index is -0.000000322. The van der Waals surface area contributed by atoms with Crippen molar-refractivity contribution >= 4 is 81.6 Å². The fourth-order valence-electron chi connectivity index (χ4n) is 6.67. The summed E-state index contributed by atoms with van der Waals surface area (Å²) in [5.74, 6) is 1.39. The Morgan fingerprint density at radius 3 is 1.20 bits per heavy atom. The number of carbonyl (C=O) groups excluding carboxylic acids is 3. The van der Waals surface area contributed by atoms with Crippen LogP contribution in [0, 0.1) is 24.7 Å². The van der Waals surface area contributed by atoms with Crippen molar-refractivity contribution in [1.82, 2.24) is 4.72 Å². The molecule has 0 bridgehead atoms. The van der Waals surface area contributed by atoms with Crippen LogP contribution in [0.15, 0.2) is 77.2 Å². The molecule has 16 heteroatoms. The number of benzene rings is 3. The Hall–Kier alpha value is -2.50. The van der Waals surface area contributed by atoms with E-state index in [1.807, 2.05) is 93.5 Å². The van der Waals surface area contributed by atoms with Gasteiger partial charge in [0.1, 0.15) is 11.0 Å². The van der Waals surface area contributed by atoms with Crippen molar-refractivity contribution in [2.45, 2.75) is 243 Å². The largest absolute Gasteiger partial charge is 2.00 e. The van der Waals surface area contributed by atoms with Gasteiger partial charge in [0.15, 0.2) is 0 Å². The van der Waals surface area contributed by atoms with E-state index in [1.54, 1.807) is 68.6 Å². The number of esters is 3. The van der Waals surface area contributed by atoms with Crippen molar-refractivity contribution in [2.75, 3.05) is 0 Å². The standard InChI is InChI=1S/C22H37NO3S.C18H29NO2.C15H21NO3S.C7H15.CH4.BrH.ClH.Mg/c1-16(2)10-8-9-11-20(23-27(25)22(5,6)7)18-12-14-19(15-13-18)21(24)26-17(3)4;1-13(2)7-5-6-8-17(19)15-9-11-16(12-10-15)18(20)21-14(3)4;1-11(2)19-14(17)13-8-6-12(7-9-13)10-16-20(18)15(3,4)5;1-4-5-6-7(2)3;;;;/h12-17,20,23H,8-11H2,1-7H3;9-14,17H,5-8,19H2,1-4H3;6-11H,1-5H3;7H,1,4-6H2,2-3H3;1H4;2*1H;/q;;;-1;;;;+2/p-1/t20-,27+;17-;20-;;;;;/m110...../s1. The molecule has 0 aliphatic carbocycles. The van der Waals surface area contributed by atoms with E-state index in [2.05, 4.69) is 57.6 Å². The minimum atomic E-state index is -1.28. The molecule has 79 heavy (non-hydrogen) atoms. The number of halogens is 2. The first kappa shape index (κ1) is 85.3. The number of nitrogens with two attached hydrogens (primary N) is 1. The summed E-state index contributed by atoms with van der Waals surface area (Å²) < 4.78 is 46.5. The van der Waals surface area contributed by atoms with E-state index in [-0.39, 0.29) is 118 Å². The van der Waals surface area contributed by atoms with Crippen LogP contribution in [0.2, 0.25) is 0 Å². The SMILES string of the molecule is C.CC(C)CCCC[C@@H](N)c1ccc(C(=O)OC(C)C)cc1.CC(C)CCCC[C@@H](N[S@@](=O)C(C)(C)C)c1ccc(C(=O)OC(C)C)cc1.CC(C)OC(=O)c1ccc(C=N[S@@](=O)C(C)(C)C)cc1.Cl.[Br-].[CH2-]CCCC(C)C.[Mg+2]. The summed E-state index contributed by atoms with van der Waals surface area (Å²) in [5.41, 5.74) is 10.8. The number of hydrogen-bond donors (Lipinski definition) is 2. The average Bonchev–Trinajstić information content (AvgIpc) is 3.31. The molecule has 11 nitrogen and oxygen atoms in total. The van der Waals surface area contributed by atoms with Gasteiger partial charge in [-0.3, -0.25) is 0 Å². The van der Waals surface area contributed by atoms with Crippen LogP contribution in [-0.2, 0) is 36.2 Å². The molecule has 450 valence electrons. The first-order valence-corrected chi connectivity index (χ1v) is 29.7. The van der Waals surface area contributed by atoms with Gasteiger partial charge < -0.3 is 43.8 Å². The van der Waals surface area contributed by atoms with Gasteiger partial charge in [-0.1, -0.05) is 137 Å². The zero-order valence-electron chi connectivity index (χ0n) is 51.2. The first-order chi connectivity index (χ1) is 34.9. The molecule has 0 aromatic heterocycles. The van der Waals surface area contributed by atoms with Crippen LogP contribution in [0.4, 0.5) is 0 Å². The zero-order chi connectivity index (χ0) is 57.5. The van der Waals surface area contributed by atoms with Gasteiger partial charge in [0.2, 0.25) is 0 Å². The maximum atomic E-state index is 12.6. The van der Waals surface area contributed by atoms with Gasteiger partial charge in [-0.2, -0.15) is 10.8 Å². The summed E-state index contributed by atoms with van der Waals surface area (Å²) in [6.07, 6.45) is 13.9. The van der Waals surface area contributed by atoms with Crippen LogP contribution < -0.4 is 27.4 Å². The molecule has 0 spiro atoms. The van der Waals surface area contributed by atoms with Gasteiger partial charge in [-0.05, 0) is 167 Å². The van der Waals surface area contributed by atoms with Crippen LogP contribution in [0.5, 0.6) is 0 Å². The van der Waals surface area contributed by atoms with E-state index in [0.717, 1.165) is 67.1 Å². The van der Waals surface area contributed by atoms with Crippen molar-refractivity contribution < 1.29 is 54.0 Å². The molecule has 0 heterocycles. The van der Waals surface area contributed by atoms with E-state index in [1.165, 1.54) is 32.1 Å². The van der Waals surface area contributed by atoms with Crippen LogP contribution in [0.1, 0.15) is 263 Å². The third-order valence-electron chi connectivity index (χ3n) is 11.0. The summed E-state index contributed by atoms with van der Waals surface area (Å²) >= 11 is 0. The second kappa shape index (κ2) is 45.9. The molecule has 0 fully saturated rings. The Bertz CT molecular complexity index is 2130. The molecular weight excluding hydrogens is 1130 g/mol. The van der Waals surface area contributed by atoms with Crippen molar-refractivity contribution in [3.05, 3.63) is 113 Å². The maximum absolute atomic E-state index is 12.6. The molecule has 3 rings (SSSR count). The van der Waals surface area contributed by atoms with Crippen molar-refractivity contribution in [1.29, 1.82) is 0 Å². The molecule has 4 atom stereocenters. The maximum Gasteiger partial charge on any atom is 2.00 e. The molecule has 3 N–H and O–H groups in total. The third-order valence-corrected chi connectivity index (χ3v) is 14.0. The summed E-state index contributed by atoms with van der Waals surface area (Å²) in [5, 5.41) is 0. The summed E-state index contributed by atoms with van der Waals surface area (Å²) in [6.45, 7) is 39.7. The zero-order valence-corrected chi connectivity index (χ0v) is 56.7. The molecule has 0 amide bonds. The van der Waals surface area contributed by atoms with Gasteiger partial charge in [0, 0.05) is 18.3 Å². The summed E-state index contributed by atoms with van der Waals surface area (Å²) in [7, 11) is -2.43. The molecule has 0 saturated heterocycles. The Morgan fingerprint density at radius 2 is 0.886 bits per heavy atom. The van der Waals surface area contributed by atoms with Crippen molar-refractivity contribution in [2.24, 2.45) is 27.9 Å². The number of ether oxygens (including phenoxy) is 3. The normalized spacial score (nSPS) is 12.7. The van der Waals surface area contributed by atoms with Crippen LogP contribution in [0.3, 0.4) is 0 Å². The quantitative estimate of drug-likeness (QED) is 0.0210. The minimum Gasteiger partial charge on any atom is -1.00 e. The van der Waals surface area contributed by atoms with E-state index in [9.17, 15) is 22.8 Å².